The number of fused-ring (bicyclic) bond motifs is 1. The van der Waals surface area contributed by atoms with Crippen LogP contribution >= 0.6 is 0 Å². The SMILES string of the molecule is CCOc1ccccc1C(O)c1cc2cccc(F)c2o1. The molecule has 108 valence electrons. The molecule has 3 aromatic rings. The standard InChI is InChI=1S/C17H15FO3/c1-2-20-14-9-4-3-7-12(14)16(19)15-10-11-6-5-8-13(18)17(11)21-15/h3-10,16,19H,2H2,1H3. The van der Waals surface area contributed by atoms with Gasteiger partial charge in [0, 0.05) is 10.9 Å². The van der Waals surface area contributed by atoms with Gasteiger partial charge in [-0.05, 0) is 25.1 Å². The molecular weight excluding hydrogens is 271 g/mol. The molecule has 0 aliphatic heterocycles. The average molecular weight is 286 g/mol. The van der Waals surface area contributed by atoms with Crippen LogP contribution in [-0.4, -0.2) is 11.7 Å². The number of rotatable bonds is 4. The lowest BCUT2D eigenvalue weighted by Crippen LogP contribution is -2.02. The van der Waals surface area contributed by atoms with Crippen LogP contribution in [0.3, 0.4) is 0 Å². The van der Waals surface area contributed by atoms with Crippen LogP contribution in [0.5, 0.6) is 5.75 Å². The maximum atomic E-state index is 13.7. The molecule has 3 rings (SSSR count). The quantitative estimate of drug-likeness (QED) is 0.786. The highest BCUT2D eigenvalue weighted by Crippen LogP contribution is 2.33. The Bertz CT molecular complexity index is 764. The Morgan fingerprint density at radius 3 is 2.76 bits per heavy atom. The third-order valence-electron chi connectivity index (χ3n) is 3.30. The van der Waals surface area contributed by atoms with E-state index < -0.39 is 11.9 Å². The lowest BCUT2D eigenvalue weighted by atomic mass is 10.1. The lowest BCUT2D eigenvalue weighted by Gasteiger charge is -2.13. The minimum absolute atomic E-state index is 0.153. The van der Waals surface area contributed by atoms with Crippen molar-refractivity contribution in [3.8, 4) is 5.75 Å². The first-order valence-electron chi connectivity index (χ1n) is 6.78. The van der Waals surface area contributed by atoms with Gasteiger partial charge in [0.15, 0.2) is 11.4 Å². The fourth-order valence-corrected chi connectivity index (χ4v) is 2.33. The van der Waals surface area contributed by atoms with E-state index in [4.69, 9.17) is 9.15 Å². The largest absolute Gasteiger partial charge is 0.493 e. The molecule has 1 unspecified atom stereocenters. The van der Waals surface area contributed by atoms with Crippen LogP contribution in [-0.2, 0) is 0 Å². The molecule has 1 aromatic heterocycles. The number of hydrogen-bond donors (Lipinski definition) is 1. The predicted octanol–water partition coefficient (Wildman–Crippen LogP) is 4.05. The molecule has 0 fully saturated rings. The zero-order valence-electron chi connectivity index (χ0n) is 11.5. The number of benzene rings is 2. The number of halogens is 1. The van der Waals surface area contributed by atoms with Crippen molar-refractivity contribution in [2.45, 2.75) is 13.0 Å². The first-order valence-corrected chi connectivity index (χ1v) is 6.78. The van der Waals surface area contributed by atoms with E-state index >= 15 is 0 Å². The molecule has 1 N–H and O–H groups in total. The summed E-state index contributed by atoms with van der Waals surface area (Å²) in [5, 5.41) is 11.1. The summed E-state index contributed by atoms with van der Waals surface area (Å²) in [5.74, 6) is 0.444. The molecule has 0 bridgehead atoms. The van der Waals surface area contributed by atoms with Crippen molar-refractivity contribution in [2.75, 3.05) is 6.61 Å². The molecule has 4 heteroatoms. The van der Waals surface area contributed by atoms with Gasteiger partial charge in [-0.2, -0.15) is 0 Å². The summed E-state index contributed by atoms with van der Waals surface area (Å²) in [7, 11) is 0. The Balaban J connectivity index is 2.04. The normalized spacial score (nSPS) is 12.5. The maximum absolute atomic E-state index is 13.7. The van der Waals surface area contributed by atoms with Crippen molar-refractivity contribution in [2.24, 2.45) is 0 Å². The van der Waals surface area contributed by atoms with Gasteiger partial charge in [0.2, 0.25) is 0 Å². The summed E-state index contributed by atoms with van der Waals surface area (Å²) in [5.41, 5.74) is 0.749. The molecule has 21 heavy (non-hydrogen) atoms. The van der Waals surface area contributed by atoms with Crippen molar-refractivity contribution >= 4 is 11.0 Å². The molecule has 0 saturated carbocycles. The van der Waals surface area contributed by atoms with Gasteiger partial charge in [0.05, 0.1) is 6.61 Å². The number of hydrogen-bond acceptors (Lipinski definition) is 3. The van der Waals surface area contributed by atoms with Crippen molar-refractivity contribution in [3.63, 3.8) is 0 Å². The first kappa shape index (κ1) is 13.6. The van der Waals surface area contributed by atoms with Gasteiger partial charge in [0.25, 0.3) is 0 Å². The highest BCUT2D eigenvalue weighted by molar-refractivity contribution is 5.78. The third-order valence-corrected chi connectivity index (χ3v) is 3.30. The summed E-state index contributed by atoms with van der Waals surface area (Å²) in [6.07, 6.45) is -1.00. The van der Waals surface area contributed by atoms with Crippen LogP contribution in [0, 0.1) is 5.82 Å². The van der Waals surface area contributed by atoms with Crippen LogP contribution < -0.4 is 4.74 Å². The molecule has 0 radical (unpaired) electrons. The highest BCUT2D eigenvalue weighted by Gasteiger charge is 2.20. The minimum atomic E-state index is -1.00. The Labute approximate surface area is 121 Å². The van der Waals surface area contributed by atoms with Crippen LogP contribution in [0.25, 0.3) is 11.0 Å². The smallest absolute Gasteiger partial charge is 0.170 e. The second-order valence-electron chi connectivity index (χ2n) is 4.68. The van der Waals surface area contributed by atoms with Gasteiger partial charge in [-0.15, -0.1) is 0 Å². The number of aliphatic hydroxyl groups excluding tert-OH is 1. The molecule has 0 spiro atoms. The minimum Gasteiger partial charge on any atom is -0.493 e. The number of aliphatic hydroxyl groups is 1. The zero-order chi connectivity index (χ0) is 14.8. The second kappa shape index (κ2) is 5.58. The summed E-state index contributed by atoms with van der Waals surface area (Å²) in [6.45, 7) is 2.37. The third kappa shape index (κ3) is 2.50. The van der Waals surface area contributed by atoms with Gasteiger partial charge >= 0.3 is 0 Å². The molecule has 0 amide bonds. The Kier molecular flexibility index (Phi) is 3.62. The number of para-hydroxylation sites is 2. The van der Waals surface area contributed by atoms with Gasteiger partial charge in [0.1, 0.15) is 17.6 Å². The van der Waals surface area contributed by atoms with E-state index in [2.05, 4.69) is 0 Å². The summed E-state index contributed by atoms with van der Waals surface area (Å²) < 4.78 is 24.6. The highest BCUT2D eigenvalue weighted by atomic mass is 19.1. The summed E-state index contributed by atoms with van der Waals surface area (Å²) in [6, 6.07) is 13.5. The molecule has 0 saturated heterocycles. The Morgan fingerprint density at radius 2 is 2.00 bits per heavy atom. The first-order chi connectivity index (χ1) is 10.2. The Hall–Kier alpha value is -2.33. The van der Waals surface area contributed by atoms with E-state index in [0.29, 0.717) is 29.1 Å². The average Bonchev–Trinajstić information content (AvgIpc) is 2.93. The van der Waals surface area contributed by atoms with E-state index in [9.17, 15) is 9.50 Å². The van der Waals surface area contributed by atoms with Crippen molar-refractivity contribution in [1.82, 2.24) is 0 Å². The van der Waals surface area contributed by atoms with E-state index in [1.165, 1.54) is 6.07 Å². The molecule has 2 aromatic carbocycles. The van der Waals surface area contributed by atoms with Crippen molar-refractivity contribution in [1.29, 1.82) is 0 Å². The second-order valence-corrected chi connectivity index (χ2v) is 4.68. The van der Waals surface area contributed by atoms with E-state index in [-0.39, 0.29) is 5.58 Å². The topological polar surface area (TPSA) is 42.6 Å². The number of ether oxygens (including phenoxy) is 1. The fraction of sp³-hybridized carbons (Fsp3) is 0.176. The van der Waals surface area contributed by atoms with Crippen LogP contribution in [0.15, 0.2) is 52.9 Å². The van der Waals surface area contributed by atoms with Crippen LogP contribution in [0.2, 0.25) is 0 Å². The zero-order valence-corrected chi connectivity index (χ0v) is 11.5. The van der Waals surface area contributed by atoms with Gasteiger partial charge in [-0.25, -0.2) is 4.39 Å². The summed E-state index contributed by atoms with van der Waals surface area (Å²) in [4.78, 5) is 0. The molecule has 1 atom stereocenters. The van der Waals surface area contributed by atoms with Gasteiger partial charge in [-0.3, -0.25) is 0 Å². The fourth-order valence-electron chi connectivity index (χ4n) is 2.33. The predicted molar refractivity (Wildman–Crippen MR) is 77.8 cm³/mol. The monoisotopic (exact) mass is 286 g/mol. The Morgan fingerprint density at radius 1 is 1.19 bits per heavy atom. The van der Waals surface area contributed by atoms with E-state index in [1.807, 2.05) is 19.1 Å². The van der Waals surface area contributed by atoms with E-state index in [0.717, 1.165) is 0 Å². The number of furan rings is 1. The maximum Gasteiger partial charge on any atom is 0.170 e. The van der Waals surface area contributed by atoms with Crippen LogP contribution in [0.1, 0.15) is 24.4 Å². The molecule has 0 aliphatic rings. The van der Waals surface area contributed by atoms with Crippen LogP contribution in [0.4, 0.5) is 4.39 Å². The molecule has 1 heterocycles. The molecular formula is C17H15FO3. The van der Waals surface area contributed by atoms with Gasteiger partial charge in [-0.1, -0.05) is 30.3 Å². The van der Waals surface area contributed by atoms with E-state index in [1.54, 1.807) is 30.3 Å². The van der Waals surface area contributed by atoms with Gasteiger partial charge < -0.3 is 14.3 Å². The molecule has 0 aliphatic carbocycles. The van der Waals surface area contributed by atoms with Crippen molar-refractivity contribution in [3.05, 3.63) is 65.7 Å². The van der Waals surface area contributed by atoms with Crippen molar-refractivity contribution < 1.29 is 18.7 Å². The lowest BCUT2D eigenvalue weighted by molar-refractivity contribution is 0.185. The molecule has 3 nitrogen and oxygen atoms in total. The summed E-state index contributed by atoms with van der Waals surface area (Å²) >= 11 is 0.